The van der Waals surface area contributed by atoms with Crippen LogP contribution in [-0.4, -0.2) is 28.8 Å². The predicted molar refractivity (Wildman–Crippen MR) is 100 cm³/mol. The molecule has 132 valence electrons. The molecule has 1 N–H and O–H groups in total. The highest BCUT2D eigenvalue weighted by Gasteiger charge is 2.31. The molecule has 0 spiro atoms. The summed E-state index contributed by atoms with van der Waals surface area (Å²) in [5.74, 6) is -1.10. The zero-order valence-corrected chi connectivity index (χ0v) is 15.3. The molecule has 0 radical (unpaired) electrons. The summed E-state index contributed by atoms with van der Waals surface area (Å²) < 4.78 is 0. The van der Waals surface area contributed by atoms with E-state index < -0.39 is 17.4 Å². The van der Waals surface area contributed by atoms with E-state index in [-0.39, 0.29) is 6.04 Å². The van der Waals surface area contributed by atoms with Crippen molar-refractivity contribution in [2.75, 3.05) is 6.54 Å². The Hall–Kier alpha value is -2.62. The first-order valence-electron chi connectivity index (χ1n) is 8.57. The van der Waals surface area contributed by atoms with Crippen molar-refractivity contribution in [3.63, 3.8) is 0 Å². The van der Waals surface area contributed by atoms with Crippen molar-refractivity contribution >= 4 is 11.8 Å². The normalized spacial score (nSPS) is 11.2. The molecule has 2 rings (SSSR count). The minimum Gasteiger partial charge on any atom is -0.337 e. The molecule has 4 heteroatoms. The van der Waals surface area contributed by atoms with Crippen molar-refractivity contribution in [3.8, 4) is 0 Å². The van der Waals surface area contributed by atoms with Gasteiger partial charge in [0.25, 0.3) is 0 Å². The molecule has 0 atom stereocenters. The Bertz CT molecular complexity index is 666. The van der Waals surface area contributed by atoms with E-state index in [1.807, 2.05) is 88.4 Å². The maximum atomic E-state index is 12.6. The van der Waals surface area contributed by atoms with E-state index in [4.69, 9.17) is 0 Å². The Balaban J connectivity index is 2.28. The van der Waals surface area contributed by atoms with Gasteiger partial charge in [-0.05, 0) is 38.8 Å². The molecule has 4 nitrogen and oxygen atoms in total. The van der Waals surface area contributed by atoms with E-state index in [0.717, 1.165) is 11.1 Å². The molecule has 0 aliphatic heterocycles. The van der Waals surface area contributed by atoms with Crippen LogP contribution in [0.25, 0.3) is 0 Å². The number of benzene rings is 2. The van der Waals surface area contributed by atoms with Crippen LogP contribution < -0.4 is 5.32 Å². The fourth-order valence-electron chi connectivity index (χ4n) is 2.89. The number of amides is 2. The quantitative estimate of drug-likeness (QED) is 0.867. The molecule has 2 aromatic carbocycles. The third-order valence-corrected chi connectivity index (χ3v) is 4.11. The number of hydrogen-bond donors (Lipinski definition) is 1. The van der Waals surface area contributed by atoms with Gasteiger partial charge in [-0.25, -0.2) is 0 Å². The molecule has 0 fully saturated rings. The Morgan fingerprint density at radius 1 is 0.920 bits per heavy atom. The van der Waals surface area contributed by atoms with Gasteiger partial charge in [-0.2, -0.15) is 0 Å². The van der Waals surface area contributed by atoms with Crippen LogP contribution in [-0.2, 0) is 9.59 Å². The molecule has 0 aromatic heterocycles. The first kappa shape index (κ1) is 18.7. The van der Waals surface area contributed by atoms with Crippen molar-refractivity contribution in [2.45, 2.75) is 39.3 Å². The zero-order valence-electron chi connectivity index (χ0n) is 15.3. The van der Waals surface area contributed by atoms with Crippen molar-refractivity contribution in [3.05, 3.63) is 71.8 Å². The zero-order chi connectivity index (χ0) is 18.4. The molecule has 0 heterocycles. The summed E-state index contributed by atoms with van der Waals surface area (Å²) in [5, 5.41) is 2.91. The lowest BCUT2D eigenvalue weighted by molar-refractivity contribution is -0.149. The lowest BCUT2D eigenvalue weighted by atomic mass is 9.98. The molecular formula is C21H26N2O2. The van der Waals surface area contributed by atoms with Crippen molar-refractivity contribution in [1.29, 1.82) is 0 Å². The first-order valence-corrected chi connectivity index (χ1v) is 8.57. The number of carbonyl (C=O) groups is 2. The summed E-state index contributed by atoms with van der Waals surface area (Å²) in [7, 11) is 0. The number of nitrogens with zero attached hydrogens (tertiary/aromatic N) is 1. The van der Waals surface area contributed by atoms with Crippen LogP contribution in [0.15, 0.2) is 60.7 Å². The highest BCUT2D eigenvalue weighted by Crippen LogP contribution is 2.22. The van der Waals surface area contributed by atoms with Crippen molar-refractivity contribution in [2.24, 2.45) is 0 Å². The number of carbonyl (C=O) groups excluding carboxylic acids is 2. The summed E-state index contributed by atoms with van der Waals surface area (Å²) in [6.07, 6.45) is 0. The molecule has 0 saturated heterocycles. The molecule has 2 amide bonds. The predicted octanol–water partition coefficient (Wildman–Crippen LogP) is 3.54. The van der Waals surface area contributed by atoms with E-state index in [0.29, 0.717) is 6.54 Å². The van der Waals surface area contributed by atoms with E-state index >= 15 is 0 Å². The maximum Gasteiger partial charge on any atom is 0.312 e. The third kappa shape index (κ3) is 4.69. The first-order chi connectivity index (χ1) is 11.8. The van der Waals surface area contributed by atoms with Gasteiger partial charge in [0.2, 0.25) is 0 Å². The Morgan fingerprint density at radius 3 is 1.72 bits per heavy atom. The third-order valence-electron chi connectivity index (χ3n) is 4.11. The molecule has 25 heavy (non-hydrogen) atoms. The minimum absolute atomic E-state index is 0.363. The molecule has 0 unspecified atom stereocenters. The van der Waals surface area contributed by atoms with Crippen molar-refractivity contribution < 1.29 is 9.59 Å². The van der Waals surface area contributed by atoms with Gasteiger partial charge >= 0.3 is 11.8 Å². The second-order valence-electron chi connectivity index (χ2n) is 6.95. The number of rotatable bonds is 4. The second-order valence-corrected chi connectivity index (χ2v) is 6.95. The van der Waals surface area contributed by atoms with Gasteiger partial charge in [0.15, 0.2) is 0 Å². The standard InChI is InChI=1S/C21H26N2O2/c1-5-23(21(2,3)4)20(25)19(24)22-18(16-12-8-6-9-13-16)17-14-10-7-11-15-17/h6-15,18H,5H2,1-4H3,(H,22,24). The second kappa shape index (κ2) is 7.97. The number of hydrogen-bond acceptors (Lipinski definition) is 2. The van der Waals surface area contributed by atoms with Gasteiger partial charge in [0.05, 0.1) is 6.04 Å². The highest BCUT2D eigenvalue weighted by molar-refractivity contribution is 6.35. The lowest BCUT2D eigenvalue weighted by Gasteiger charge is -2.34. The van der Waals surface area contributed by atoms with E-state index in [1.165, 1.54) is 0 Å². The van der Waals surface area contributed by atoms with Crippen LogP contribution in [0.3, 0.4) is 0 Å². The average molecular weight is 338 g/mol. The summed E-state index contributed by atoms with van der Waals surface area (Å²) in [6, 6.07) is 19.0. The van der Waals surface area contributed by atoms with Crippen molar-refractivity contribution in [1.82, 2.24) is 10.2 Å². The van der Waals surface area contributed by atoms with E-state index in [2.05, 4.69) is 5.32 Å². The van der Waals surface area contributed by atoms with Gasteiger partial charge in [0, 0.05) is 12.1 Å². The summed E-state index contributed by atoms with van der Waals surface area (Å²) in [5.41, 5.74) is 1.47. The SMILES string of the molecule is CCN(C(=O)C(=O)NC(c1ccccc1)c1ccccc1)C(C)(C)C. The largest absolute Gasteiger partial charge is 0.337 e. The maximum absolute atomic E-state index is 12.6. The number of likely N-dealkylation sites (N-methyl/N-ethyl adjacent to an activating group) is 1. The van der Waals surface area contributed by atoms with Gasteiger partial charge in [-0.15, -0.1) is 0 Å². The van der Waals surface area contributed by atoms with Crippen LogP contribution in [0, 0.1) is 0 Å². The van der Waals surface area contributed by atoms with Crippen LogP contribution in [0.4, 0.5) is 0 Å². The monoisotopic (exact) mass is 338 g/mol. The summed E-state index contributed by atoms with van der Waals surface area (Å²) in [4.78, 5) is 26.9. The fourth-order valence-corrected chi connectivity index (χ4v) is 2.89. The smallest absolute Gasteiger partial charge is 0.312 e. The number of nitrogens with one attached hydrogen (secondary N) is 1. The molecule has 0 aliphatic carbocycles. The van der Waals surface area contributed by atoms with E-state index in [1.54, 1.807) is 4.90 Å². The van der Waals surface area contributed by atoms with Gasteiger partial charge in [-0.1, -0.05) is 60.7 Å². The average Bonchev–Trinajstić information content (AvgIpc) is 2.60. The van der Waals surface area contributed by atoms with Crippen LogP contribution in [0.2, 0.25) is 0 Å². The topological polar surface area (TPSA) is 49.4 Å². The van der Waals surface area contributed by atoms with Gasteiger partial charge < -0.3 is 10.2 Å². The fraction of sp³-hybridized carbons (Fsp3) is 0.333. The Labute approximate surface area is 149 Å². The Kier molecular flexibility index (Phi) is 5.97. The summed E-state index contributed by atoms with van der Waals surface area (Å²) in [6.45, 7) is 8.13. The van der Waals surface area contributed by atoms with Crippen LogP contribution >= 0.6 is 0 Å². The molecule has 2 aromatic rings. The minimum atomic E-state index is -0.588. The molecule has 0 saturated carbocycles. The summed E-state index contributed by atoms with van der Waals surface area (Å²) >= 11 is 0. The lowest BCUT2D eigenvalue weighted by Crippen LogP contribution is -2.52. The molecular weight excluding hydrogens is 312 g/mol. The molecule has 0 bridgehead atoms. The van der Waals surface area contributed by atoms with E-state index in [9.17, 15) is 9.59 Å². The Morgan fingerprint density at radius 2 is 1.36 bits per heavy atom. The van der Waals surface area contributed by atoms with Gasteiger partial charge in [0.1, 0.15) is 0 Å². The van der Waals surface area contributed by atoms with Crippen LogP contribution in [0.5, 0.6) is 0 Å². The van der Waals surface area contributed by atoms with Gasteiger partial charge in [-0.3, -0.25) is 9.59 Å². The van der Waals surface area contributed by atoms with Crippen LogP contribution in [0.1, 0.15) is 44.9 Å². The highest BCUT2D eigenvalue weighted by atomic mass is 16.2. The molecule has 0 aliphatic rings.